The number of amides is 1. The molecule has 174 valence electrons. The van der Waals surface area contributed by atoms with Gasteiger partial charge >= 0.3 is 0 Å². The number of nitrogens with zero attached hydrogens (tertiary/aromatic N) is 3. The number of carbonyl (C=O) groups excluding carboxylic acids is 1. The van der Waals surface area contributed by atoms with Gasteiger partial charge in [-0.25, -0.2) is 13.8 Å². The van der Waals surface area contributed by atoms with E-state index in [1.807, 2.05) is 6.92 Å². The number of hydrogen-bond donors (Lipinski definition) is 3. The number of allylic oxidation sites excluding steroid dienone is 1. The second-order valence-electron chi connectivity index (χ2n) is 8.28. The van der Waals surface area contributed by atoms with Crippen molar-refractivity contribution in [2.24, 2.45) is 21.6 Å². The molecule has 32 heavy (non-hydrogen) atoms. The number of nitrogens with one attached hydrogen (secondary N) is 1. The van der Waals surface area contributed by atoms with Crippen LogP contribution in [0.15, 0.2) is 22.3 Å². The molecular weight excluding hydrogens is 418 g/mol. The van der Waals surface area contributed by atoms with E-state index in [-0.39, 0.29) is 42.7 Å². The van der Waals surface area contributed by atoms with E-state index in [2.05, 4.69) is 20.3 Å². The van der Waals surface area contributed by atoms with Crippen LogP contribution in [0.5, 0.6) is 5.88 Å². The lowest BCUT2D eigenvalue weighted by molar-refractivity contribution is -0.119. The molecule has 8 nitrogen and oxygen atoms in total. The molecule has 1 amide bonds. The third-order valence-electron chi connectivity index (χ3n) is 5.87. The highest BCUT2D eigenvalue weighted by atomic mass is 19.3. The molecule has 0 bridgehead atoms. The molecule has 1 aromatic heterocycles. The van der Waals surface area contributed by atoms with E-state index in [0.717, 1.165) is 0 Å². The van der Waals surface area contributed by atoms with Crippen LogP contribution in [-0.2, 0) is 4.79 Å². The molecule has 0 unspecified atom stereocenters. The summed E-state index contributed by atoms with van der Waals surface area (Å²) < 4.78 is 32.9. The third-order valence-corrected chi connectivity index (χ3v) is 5.87. The van der Waals surface area contributed by atoms with Crippen LogP contribution in [-0.4, -0.2) is 55.0 Å². The summed E-state index contributed by atoms with van der Waals surface area (Å²) >= 11 is 0. The first-order valence-corrected chi connectivity index (χ1v) is 10.7. The number of alkyl halides is 2. The highest BCUT2D eigenvalue weighted by molar-refractivity contribution is 6.09. The minimum Gasteiger partial charge on any atom is -0.474 e. The molecule has 0 radical (unpaired) electrons. The summed E-state index contributed by atoms with van der Waals surface area (Å²) in [7, 11) is 1.62. The van der Waals surface area contributed by atoms with Gasteiger partial charge in [-0.2, -0.15) is 0 Å². The van der Waals surface area contributed by atoms with E-state index in [9.17, 15) is 13.6 Å². The molecule has 1 saturated heterocycles. The molecule has 2 atom stereocenters. The van der Waals surface area contributed by atoms with Crippen LogP contribution < -0.4 is 21.5 Å². The highest BCUT2D eigenvalue weighted by Crippen LogP contribution is 2.34. The lowest BCUT2D eigenvalue weighted by atomic mass is 9.93. The largest absolute Gasteiger partial charge is 0.474 e. The molecule has 0 aromatic carbocycles. The average Bonchev–Trinajstić information content (AvgIpc) is 3.18. The number of carbonyl (C=O) groups is 1. The number of aromatic nitrogens is 1. The summed E-state index contributed by atoms with van der Waals surface area (Å²) in [6.45, 7) is 2.41. The average molecular weight is 449 g/mol. The van der Waals surface area contributed by atoms with Crippen LogP contribution in [0.25, 0.3) is 5.57 Å². The van der Waals surface area contributed by atoms with Crippen LogP contribution in [0.1, 0.15) is 50.3 Å². The Bertz CT molecular complexity index is 921. The van der Waals surface area contributed by atoms with Crippen LogP contribution in [0.2, 0.25) is 0 Å². The first-order valence-electron chi connectivity index (χ1n) is 10.7. The molecule has 1 saturated carbocycles. The minimum absolute atomic E-state index is 0.00736. The Morgan fingerprint density at radius 1 is 1.41 bits per heavy atom. The van der Waals surface area contributed by atoms with E-state index < -0.39 is 5.92 Å². The van der Waals surface area contributed by atoms with Gasteiger partial charge in [0.2, 0.25) is 17.7 Å². The Balaban J connectivity index is 1.82. The first kappa shape index (κ1) is 23.6. The zero-order chi connectivity index (χ0) is 23.3. The van der Waals surface area contributed by atoms with Crippen molar-refractivity contribution >= 4 is 29.6 Å². The first-order chi connectivity index (χ1) is 15.2. The van der Waals surface area contributed by atoms with E-state index in [1.54, 1.807) is 25.5 Å². The number of hydrogen-bond acceptors (Lipinski definition) is 7. The predicted octanol–water partition coefficient (Wildman–Crippen LogP) is 2.56. The third kappa shape index (κ3) is 5.80. The fourth-order valence-corrected chi connectivity index (χ4v) is 3.83. The van der Waals surface area contributed by atoms with Crippen molar-refractivity contribution in [1.82, 2.24) is 10.3 Å². The molecule has 2 fully saturated rings. The van der Waals surface area contributed by atoms with Crippen molar-refractivity contribution in [1.29, 1.82) is 0 Å². The van der Waals surface area contributed by atoms with Gasteiger partial charge in [0.15, 0.2) is 0 Å². The zero-order valence-electron chi connectivity index (χ0n) is 18.4. The zero-order valence-corrected chi connectivity index (χ0v) is 18.4. The number of anilines is 1. The highest BCUT2D eigenvalue weighted by Gasteiger charge is 2.34. The Morgan fingerprint density at radius 2 is 2.12 bits per heavy atom. The predicted molar refractivity (Wildman–Crippen MR) is 121 cm³/mol. The van der Waals surface area contributed by atoms with Gasteiger partial charge in [0.25, 0.3) is 0 Å². The standard InChI is InChI=1S/C22H30F2N6O2/c1-13(14-7-20(31)29-10-14)32-21-17(12-27-2)18(26)8-19(30-21)15(9-25)11-28-16-3-5-22(23,24)6-4-16/h8-9,11-14,16H,3-7,10,25H2,1-2H3,(H2,26,30)(H,29,31)/t13-,14-/m1/s1. The molecule has 10 heteroatoms. The number of pyridine rings is 1. The van der Waals surface area contributed by atoms with Crippen molar-refractivity contribution in [2.75, 3.05) is 19.3 Å². The van der Waals surface area contributed by atoms with Gasteiger partial charge in [0, 0.05) is 68.7 Å². The molecule has 2 aliphatic rings. The second kappa shape index (κ2) is 10.1. The summed E-state index contributed by atoms with van der Waals surface area (Å²) in [5.41, 5.74) is 13.9. The maximum atomic E-state index is 13.4. The maximum Gasteiger partial charge on any atom is 0.248 e. The molecular formula is C22H30F2N6O2. The van der Waals surface area contributed by atoms with Crippen molar-refractivity contribution in [3.63, 3.8) is 0 Å². The van der Waals surface area contributed by atoms with Gasteiger partial charge < -0.3 is 21.5 Å². The topological polar surface area (TPSA) is 128 Å². The van der Waals surface area contributed by atoms with Gasteiger partial charge in [0.05, 0.1) is 17.3 Å². The van der Waals surface area contributed by atoms with Gasteiger partial charge in [-0.1, -0.05) is 0 Å². The minimum atomic E-state index is -2.60. The number of rotatable bonds is 7. The Labute approximate surface area is 186 Å². The van der Waals surface area contributed by atoms with Crippen LogP contribution in [0.3, 0.4) is 0 Å². The second-order valence-corrected chi connectivity index (χ2v) is 8.28. The smallest absolute Gasteiger partial charge is 0.248 e. The fourth-order valence-electron chi connectivity index (χ4n) is 3.83. The summed E-state index contributed by atoms with van der Waals surface area (Å²) in [6, 6.07) is 1.46. The van der Waals surface area contributed by atoms with Crippen LogP contribution >= 0.6 is 0 Å². The lowest BCUT2D eigenvalue weighted by Crippen LogP contribution is -2.27. The van der Waals surface area contributed by atoms with Crippen LogP contribution in [0, 0.1) is 5.92 Å². The Morgan fingerprint density at radius 3 is 2.72 bits per heavy atom. The molecule has 1 aliphatic heterocycles. The fraction of sp³-hybridized carbons (Fsp3) is 0.545. The van der Waals surface area contributed by atoms with E-state index in [1.165, 1.54) is 6.20 Å². The molecule has 5 N–H and O–H groups in total. The van der Waals surface area contributed by atoms with Crippen molar-refractivity contribution < 1.29 is 18.3 Å². The number of ether oxygens (including phenoxy) is 1. The van der Waals surface area contributed by atoms with E-state index >= 15 is 0 Å². The quantitative estimate of drug-likeness (QED) is 0.552. The van der Waals surface area contributed by atoms with Crippen molar-refractivity contribution in [3.05, 3.63) is 23.5 Å². The summed E-state index contributed by atoms with van der Waals surface area (Å²) in [5, 5.41) is 2.80. The SMILES string of the molecule is CN=Cc1c(N)cc(C(C=NC2CCC(F)(F)CC2)=CN)nc1O[C@H](C)[C@H]1CNC(=O)C1. The molecule has 1 aromatic rings. The molecule has 1 aliphatic carbocycles. The summed E-state index contributed by atoms with van der Waals surface area (Å²) in [4.78, 5) is 24.6. The summed E-state index contributed by atoms with van der Waals surface area (Å²) in [6.07, 6.45) is 4.87. The molecule has 3 rings (SSSR count). The number of nitrogens with two attached hydrogens (primary N) is 2. The molecule has 0 spiro atoms. The van der Waals surface area contributed by atoms with Gasteiger partial charge in [-0.15, -0.1) is 0 Å². The van der Waals surface area contributed by atoms with Gasteiger partial charge in [-0.05, 0) is 25.8 Å². The van der Waals surface area contributed by atoms with Crippen LogP contribution in [0.4, 0.5) is 14.5 Å². The van der Waals surface area contributed by atoms with Gasteiger partial charge in [0.1, 0.15) is 6.10 Å². The monoisotopic (exact) mass is 448 g/mol. The van der Waals surface area contributed by atoms with Crippen molar-refractivity contribution in [2.45, 2.75) is 57.1 Å². The summed E-state index contributed by atoms with van der Waals surface area (Å²) in [5.74, 6) is -2.32. The Hall–Kier alpha value is -3.04. The number of halogens is 2. The maximum absolute atomic E-state index is 13.4. The normalized spacial score (nSPS) is 23.1. The number of nitrogen functional groups attached to an aromatic ring is 1. The lowest BCUT2D eigenvalue weighted by Gasteiger charge is -2.25. The number of aliphatic imine (C=N–C) groups is 2. The van der Waals surface area contributed by atoms with Gasteiger partial charge in [-0.3, -0.25) is 14.8 Å². The van der Waals surface area contributed by atoms with E-state index in [4.69, 9.17) is 16.2 Å². The van der Waals surface area contributed by atoms with E-state index in [0.29, 0.717) is 48.3 Å². The Kier molecular flexibility index (Phi) is 7.42. The van der Waals surface area contributed by atoms with Crippen molar-refractivity contribution in [3.8, 4) is 5.88 Å². The molecule has 2 heterocycles.